The maximum absolute atomic E-state index is 6.18. The van der Waals surface area contributed by atoms with Gasteiger partial charge in [0.2, 0.25) is 0 Å². The fourth-order valence-corrected chi connectivity index (χ4v) is 2.18. The molecule has 0 aromatic carbocycles. The van der Waals surface area contributed by atoms with E-state index >= 15 is 0 Å². The molecular formula is C14H17N3. The first kappa shape index (κ1) is 10.5. The molecule has 0 bridgehead atoms. The molecule has 2 aromatic rings. The van der Waals surface area contributed by atoms with Gasteiger partial charge in [-0.1, -0.05) is 6.07 Å². The Hall–Kier alpha value is -1.61. The highest BCUT2D eigenvalue weighted by Gasteiger charge is 2.29. The molecule has 2 N–H and O–H groups in total. The van der Waals surface area contributed by atoms with Gasteiger partial charge in [0.05, 0.1) is 0 Å². The highest BCUT2D eigenvalue weighted by molar-refractivity contribution is 5.19. The molecule has 1 unspecified atom stereocenters. The first-order chi connectivity index (χ1) is 8.33. The molecule has 1 saturated carbocycles. The van der Waals surface area contributed by atoms with Crippen LogP contribution in [0.5, 0.6) is 0 Å². The highest BCUT2D eigenvalue weighted by atomic mass is 14.9. The Balaban J connectivity index is 1.72. The number of aromatic nitrogens is 2. The molecule has 1 fully saturated rings. The van der Waals surface area contributed by atoms with Crippen LogP contribution in [0.3, 0.4) is 0 Å². The van der Waals surface area contributed by atoms with Crippen molar-refractivity contribution in [2.45, 2.75) is 25.4 Å². The minimum atomic E-state index is 0.227. The lowest BCUT2D eigenvalue weighted by atomic mass is 10.1. The van der Waals surface area contributed by atoms with Crippen molar-refractivity contribution >= 4 is 0 Å². The topological polar surface area (TPSA) is 43.8 Å². The smallest absolute Gasteiger partial charge is 0.0485 e. The van der Waals surface area contributed by atoms with Crippen molar-refractivity contribution in [3.63, 3.8) is 0 Å². The van der Waals surface area contributed by atoms with E-state index < -0.39 is 0 Å². The van der Waals surface area contributed by atoms with E-state index in [9.17, 15) is 0 Å². The molecule has 1 aliphatic rings. The van der Waals surface area contributed by atoms with E-state index in [0.717, 1.165) is 6.54 Å². The minimum absolute atomic E-state index is 0.227. The van der Waals surface area contributed by atoms with Crippen LogP contribution in [0, 0.1) is 5.92 Å². The lowest BCUT2D eigenvalue weighted by Gasteiger charge is -2.07. The van der Waals surface area contributed by atoms with Gasteiger partial charge in [0.1, 0.15) is 0 Å². The van der Waals surface area contributed by atoms with Crippen molar-refractivity contribution in [2.24, 2.45) is 11.7 Å². The normalized spacial score (nSPS) is 17.0. The molecular weight excluding hydrogens is 210 g/mol. The van der Waals surface area contributed by atoms with E-state index in [1.165, 1.54) is 24.0 Å². The summed E-state index contributed by atoms with van der Waals surface area (Å²) in [6, 6.07) is 6.42. The Morgan fingerprint density at radius 1 is 1.41 bits per heavy atom. The monoisotopic (exact) mass is 227 g/mol. The van der Waals surface area contributed by atoms with Gasteiger partial charge in [0.25, 0.3) is 0 Å². The Kier molecular flexibility index (Phi) is 2.69. The van der Waals surface area contributed by atoms with Crippen LogP contribution < -0.4 is 5.73 Å². The Bertz CT molecular complexity index is 485. The zero-order valence-corrected chi connectivity index (χ0v) is 9.79. The van der Waals surface area contributed by atoms with Crippen LogP contribution in [0.15, 0.2) is 43.0 Å². The predicted molar refractivity (Wildman–Crippen MR) is 67.4 cm³/mol. The molecule has 3 heteroatoms. The van der Waals surface area contributed by atoms with Gasteiger partial charge in [-0.05, 0) is 42.0 Å². The van der Waals surface area contributed by atoms with Gasteiger partial charge in [0.15, 0.2) is 0 Å². The van der Waals surface area contributed by atoms with Crippen molar-refractivity contribution in [1.29, 1.82) is 0 Å². The third-order valence-corrected chi connectivity index (χ3v) is 3.38. The van der Waals surface area contributed by atoms with Gasteiger partial charge in [-0.3, -0.25) is 4.98 Å². The second-order valence-corrected chi connectivity index (χ2v) is 4.84. The van der Waals surface area contributed by atoms with Crippen LogP contribution in [-0.4, -0.2) is 9.55 Å². The zero-order chi connectivity index (χ0) is 11.7. The number of hydrogen-bond acceptors (Lipinski definition) is 2. The number of pyridine rings is 1. The number of nitrogens with zero attached hydrogens (tertiary/aromatic N) is 2. The molecule has 0 aliphatic heterocycles. The van der Waals surface area contributed by atoms with E-state index in [1.807, 2.05) is 12.3 Å². The molecule has 0 amide bonds. The quantitative estimate of drug-likeness (QED) is 0.871. The van der Waals surface area contributed by atoms with Gasteiger partial charge in [0, 0.05) is 37.4 Å². The summed E-state index contributed by atoms with van der Waals surface area (Å²) in [5.41, 5.74) is 8.66. The Morgan fingerprint density at radius 3 is 3.00 bits per heavy atom. The summed E-state index contributed by atoms with van der Waals surface area (Å²) in [4.78, 5) is 4.12. The minimum Gasteiger partial charge on any atom is -0.350 e. The summed E-state index contributed by atoms with van der Waals surface area (Å²) >= 11 is 0. The van der Waals surface area contributed by atoms with Crippen LogP contribution in [0.1, 0.15) is 30.0 Å². The third-order valence-electron chi connectivity index (χ3n) is 3.38. The maximum atomic E-state index is 6.18. The van der Waals surface area contributed by atoms with Crippen molar-refractivity contribution < 1.29 is 0 Å². The third kappa shape index (κ3) is 2.39. The Morgan fingerprint density at radius 2 is 2.29 bits per heavy atom. The van der Waals surface area contributed by atoms with E-state index in [-0.39, 0.29) is 6.04 Å². The number of nitrogens with two attached hydrogens (primary N) is 1. The largest absolute Gasteiger partial charge is 0.350 e. The summed E-state index contributed by atoms with van der Waals surface area (Å²) < 4.78 is 2.18. The van der Waals surface area contributed by atoms with Crippen LogP contribution in [-0.2, 0) is 6.54 Å². The lowest BCUT2D eigenvalue weighted by Crippen LogP contribution is -2.11. The molecule has 2 aromatic heterocycles. The second-order valence-electron chi connectivity index (χ2n) is 4.84. The summed E-state index contributed by atoms with van der Waals surface area (Å²) in [7, 11) is 0. The molecule has 1 aliphatic carbocycles. The first-order valence-electron chi connectivity index (χ1n) is 6.13. The molecule has 17 heavy (non-hydrogen) atoms. The second kappa shape index (κ2) is 4.34. The molecule has 0 radical (unpaired) electrons. The maximum Gasteiger partial charge on any atom is 0.0485 e. The van der Waals surface area contributed by atoms with Crippen molar-refractivity contribution in [3.05, 3.63) is 54.1 Å². The Labute approximate surface area is 101 Å². The van der Waals surface area contributed by atoms with Gasteiger partial charge < -0.3 is 10.3 Å². The fraction of sp³-hybridized carbons (Fsp3) is 0.357. The van der Waals surface area contributed by atoms with Gasteiger partial charge in [-0.25, -0.2) is 0 Å². The summed E-state index contributed by atoms with van der Waals surface area (Å²) in [5, 5.41) is 0. The van der Waals surface area contributed by atoms with Crippen LogP contribution in [0.2, 0.25) is 0 Å². The molecule has 88 valence electrons. The van der Waals surface area contributed by atoms with Crippen LogP contribution in [0.25, 0.3) is 0 Å². The molecule has 1 atom stereocenters. The van der Waals surface area contributed by atoms with Crippen molar-refractivity contribution in [3.8, 4) is 0 Å². The summed E-state index contributed by atoms with van der Waals surface area (Å²) in [5.74, 6) is 0.712. The standard InChI is InChI=1S/C14H17N3/c15-14(12-3-4-12)13-5-7-17(10-13)9-11-2-1-6-16-8-11/h1-2,5-8,10,12,14H,3-4,9,15H2. The lowest BCUT2D eigenvalue weighted by molar-refractivity contribution is 0.631. The van der Waals surface area contributed by atoms with Crippen LogP contribution >= 0.6 is 0 Å². The van der Waals surface area contributed by atoms with Crippen molar-refractivity contribution in [2.75, 3.05) is 0 Å². The predicted octanol–water partition coefficient (Wildman–Crippen LogP) is 2.34. The molecule has 3 nitrogen and oxygen atoms in total. The van der Waals surface area contributed by atoms with Crippen molar-refractivity contribution in [1.82, 2.24) is 9.55 Å². The van der Waals surface area contributed by atoms with E-state index in [1.54, 1.807) is 6.20 Å². The molecule has 0 saturated heterocycles. The number of rotatable bonds is 4. The van der Waals surface area contributed by atoms with E-state index in [2.05, 4.69) is 34.1 Å². The summed E-state index contributed by atoms with van der Waals surface area (Å²) in [6.07, 6.45) is 10.5. The van der Waals surface area contributed by atoms with E-state index in [4.69, 9.17) is 5.73 Å². The summed E-state index contributed by atoms with van der Waals surface area (Å²) in [6.45, 7) is 0.866. The molecule has 2 heterocycles. The van der Waals surface area contributed by atoms with Gasteiger partial charge in [-0.15, -0.1) is 0 Å². The average Bonchev–Trinajstić information content (AvgIpc) is 3.11. The SMILES string of the molecule is NC(c1ccn(Cc2cccnc2)c1)C1CC1. The molecule has 0 spiro atoms. The van der Waals surface area contributed by atoms with Crippen LogP contribution in [0.4, 0.5) is 0 Å². The average molecular weight is 227 g/mol. The first-order valence-corrected chi connectivity index (χ1v) is 6.13. The number of hydrogen-bond donors (Lipinski definition) is 1. The van der Waals surface area contributed by atoms with Gasteiger partial charge in [-0.2, -0.15) is 0 Å². The molecule has 3 rings (SSSR count). The van der Waals surface area contributed by atoms with E-state index in [0.29, 0.717) is 5.92 Å². The fourth-order valence-electron chi connectivity index (χ4n) is 2.18. The highest BCUT2D eigenvalue weighted by Crippen LogP contribution is 2.39. The zero-order valence-electron chi connectivity index (χ0n) is 9.79. The van der Waals surface area contributed by atoms with Gasteiger partial charge >= 0.3 is 0 Å².